The van der Waals surface area contributed by atoms with Crippen LogP contribution in [0, 0.1) is 5.92 Å². The molecule has 7 nitrogen and oxygen atoms in total. The van der Waals surface area contributed by atoms with Crippen LogP contribution < -0.4 is 10.0 Å². The molecule has 0 spiro atoms. The third-order valence-corrected chi connectivity index (χ3v) is 5.04. The van der Waals surface area contributed by atoms with Crippen LogP contribution in [0.15, 0.2) is 0 Å². The fourth-order valence-electron chi connectivity index (χ4n) is 1.87. The molecule has 0 aliphatic carbocycles. The highest BCUT2D eigenvalue weighted by molar-refractivity contribution is 7.89. The number of nitrogens with two attached hydrogens (primary N) is 1. The molecule has 9 heteroatoms. The Labute approximate surface area is 115 Å². The fraction of sp³-hybridized carbons (Fsp3) is 0.700. The Balaban J connectivity index is 2.14. The minimum Gasteiger partial charge on any atom is -0.285 e. The number of amides is 1. The number of nitrogens with zero attached hydrogens (tertiary/aromatic N) is 3. The first-order valence-corrected chi connectivity index (χ1v) is 8.34. The van der Waals surface area contributed by atoms with Crippen molar-refractivity contribution in [1.29, 1.82) is 0 Å². The van der Waals surface area contributed by atoms with Gasteiger partial charge in [-0.25, -0.2) is 13.6 Å². The lowest BCUT2D eigenvalue weighted by atomic mass is 10.1. The molecule has 0 bridgehead atoms. The number of hydrogen-bond donors (Lipinski definition) is 1. The van der Waals surface area contributed by atoms with Crippen molar-refractivity contribution in [3.63, 3.8) is 0 Å². The predicted octanol–water partition coefficient (Wildman–Crippen LogP) is 0.130. The molecule has 0 radical (unpaired) electrons. The third-order valence-electron chi connectivity index (χ3n) is 2.82. The van der Waals surface area contributed by atoms with Crippen LogP contribution in [0.25, 0.3) is 0 Å². The van der Waals surface area contributed by atoms with Crippen molar-refractivity contribution in [1.82, 2.24) is 10.2 Å². The summed E-state index contributed by atoms with van der Waals surface area (Å²) in [6.07, 6.45) is 0.705. The molecule has 1 saturated heterocycles. The molecule has 1 atom stereocenters. The molecule has 1 unspecified atom stereocenters. The summed E-state index contributed by atoms with van der Waals surface area (Å²) in [5.74, 6) is 0.179. The lowest BCUT2D eigenvalue weighted by molar-refractivity contribution is -0.117. The van der Waals surface area contributed by atoms with Crippen molar-refractivity contribution in [3.8, 4) is 0 Å². The zero-order valence-corrected chi connectivity index (χ0v) is 12.4. The molecule has 2 N–H and O–H groups in total. The largest absolute Gasteiger partial charge is 0.285 e. The molecule has 1 amide bonds. The van der Waals surface area contributed by atoms with Gasteiger partial charge in [0.05, 0.1) is 0 Å². The first kappa shape index (κ1) is 14.4. The molecule has 0 aromatic carbocycles. The quantitative estimate of drug-likeness (QED) is 0.851. The number of sulfonamides is 1. The Kier molecular flexibility index (Phi) is 3.88. The van der Waals surface area contributed by atoms with Gasteiger partial charge < -0.3 is 0 Å². The summed E-state index contributed by atoms with van der Waals surface area (Å²) in [6.45, 7) is 4.20. The van der Waals surface area contributed by atoms with Crippen LogP contribution in [-0.2, 0) is 21.2 Å². The highest BCUT2D eigenvalue weighted by Crippen LogP contribution is 2.27. The maximum Gasteiger partial charge on any atom is 0.230 e. The maximum atomic E-state index is 11.8. The van der Waals surface area contributed by atoms with Crippen LogP contribution >= 0.6 is 11.3 Å². The summed E-state index contributed by atoms with van der Waals surface area (Å²) in [4.78, 5) is 13.2. The van der Waals surface area contributed by atoms with E-state index in [0.29, 0.717) is 11.0 Å². The van der Waals surface area contributed by atoms with Gasteiger partial charge in [0.2, 0.25) is 21.1 Å². The van der Waals surface area contributed by atoms with E-state index in [-0.39, 0.29) is 18.9 Å². The van der Waals surface area contributed by atoms with Crippen molar-refractivity contribution in [2.24, 2.45) is 11.1 Å². The van der Waals surface area contributed by atoms with E-state index in [4.69, 9.17) is 5.14 Å². The number of hydrogen-bond acceptors (Lipinski definition) is 6. The topological polar surface area (TPSA) is 106 Å². The van der Waals surface area contributed by atoms with Crippen LogP contribution in [0.3, 0.4) is 0 Å². The van der Waals surface area contributed by atoms with Crippen LogP contribution in [0.5, 0.6) is 0 Å². The average molecular weight is 304 g/mol. The van der Waals surface area contributed by atoms with Gasteiger partial charge in [-0.15, -0.1) is 10.2 Å². The van der Waals surface area contributed by atoms with E-state index >= 15 is 0 Å². The fourth-order valence-corrected chi connectivity index (χ4v) is 3.67. The first-order chi connectivity index (χ1) is 8.77. The number of rotatable bonds is 4. The van der Waals surface area contributed by atoms with Gasteiger partial charge in [0.1, 0.15) is 10.3 Å². The Hall–Kier alpha value is -1.06. The van der Waals surface area contributed by atoms with Crippen molar-refractivity contribution in [2.75, 3.05) is 11.4 Å². The van der Waals surface area contributed by atoms with Crippen molar-refractivity contribution < 1.29 is 13.2 Å². The lowest BCUT2D eigenvalue weighted by Crippen LogP contribution is -2.32. The predicted molar refractivity (Wildman–Crippen MR) is 72.3 cm³/mol. The van der Waals surface area contributed by atoms with Gasteiger partial charge >= 0.3 is 0 Å². The molecule has 1 aliphatic heterocycles. The highest BCUT2D eigenvalue weighted by atomic mass is 32.2. The Morgan fingerprint density at radius 1 is 1.47 bits per heavy atom. The maximum absolute atomic E-state index is 11.8. The summed E-state index contributed by atoms with van der Waals surface area (Å²) in [7, 11) is -3.69. The van der Waals surface area contributed by atoms with E-state index in [1.807, 2.05) is 0 Å². The normalized spacial score (nSPS) is 20.5. The molecule has 1 aliphatic rings. The van der Waals surface area contributed by atoms with Crippen molar-refractivity contribution >= 4 is 32.4 Å². The van der Waals surface area contributed by atoms with Crippen LogP contribution in [0.2, 0.25) is 0 Å². The molecular weight excluding hydrogens is 288 g/mol. The molecule has 106 valence electrons. The SMILES string of the molecule is CC(C)Cc1nnc(N2CC(S(N)(=O)=O)CC2=O)s1. The van der Waals surface area contributed by atoms with E-state index in [1.54, 1.807) is 0 Å². The van der Waals surface area contributed by atoms with Gasteiger partial charge in [-0.2, -0.15) is 0 Å². The molecule has 1 fully saturated rings. The highest BCUT2D eigenvalue weighted by Gasteiger charge is 2.38. The van der Waals surface area contributed by atoms with E-state index < -0.39 is 15.3 Å². The Morgan fingerprint density at radius 3 is 2.68 bits per heavy atom. The van der Waals surface area contributed by atoms with Gasteiger partial charge in [-0.1, -0.05) is 25.2 Å². The summed E-state index contributed by atoms with van der Waals surface area (Å²) < 4.78 is 22.5. The number of primary sulfonamides is 1. The van der Waals surface area contributed by atoms with E-state index in [2.05, 4.69) is 24.0 Å². The zero-order valence-electron chi connectivity index (χ0n) is 10.7. The van der Waals surface area contributed by atoms with E-state index in [9.17, 15) is 13.2 Å². The second-order valence-electron chi connectivity index (χ2n) is 5.00. The Bertz CT molecular complexity index is 581. The minimum atomic E-state index is -3.69. The summed E-state index contributed by atoms with van der Waals surface area (Å²) in [5.41, 5.74) is 0. The average Bonchev–Trinajstić information content (AvgIpc) is 2.82. The monoisotopic (exact) mass is 304 g/mol. The standard InChI is InChI=1S/C10H16N4O3S2/c1-6(2)3-8-12-13-10(18-8)14-5-7(4-9(14)15)19(11,16)17/h6-7H,3-5H2,1-2H3,(H2,11,16,17). The van der Waals surface area contributed by atoms with Gasteiger partial charge in [-0.05, 0) is 5.92 Å². The van der Waals surface area contributed by atoms with Crippen LogP contribution in [0.4, 0.5) is 5.13 Å². The summed E-state index contributed by atoms with van der Waals surface area (Å²) in [6, 6.07) is 0. The second-order valence-corrected chi connectivity index (χ2v) is 7.88. The third kappa shape index (κ3) is 3.28. The molecule has 2 heterocycles. The van der Waals surface area contributed by atoms with Crippen LogP contribution in [0.1, 0.15) is 25.3 Å². The van der Waals surface area contributed by atoms with Gasteiger partial charge in [0.15, 0.2) is 0 Å². The van der Waals surface area contributed by atoms with E-state index in [1.165, 1.54) is 16.2 Å². The molecule has 1 aromatic rings. The van der Waals surface area contributed by atoms with Gasteiger partial charge in [0, 0.05) is 19.4 Å². The number of anilines is 1. The lowest BCUT2D eigenvalue weighted by Gasteiger charge is -2.11. The van der Waals surface area contributed by atoms with E-state index in [0.717, 1.165) is 11.4 Å². The Morgan fingerprint density at radius 2 is 2.16 bits per heavy atom. The van der Waals surface area contributed by atoms with Gasteiger partial charge in [0.25, 0.3) is 0 Å². The number of aromatic nitrogens is 2. The molecule has 19 heavy (non-hydrogen) atoms. The van der Waals surface area contributed by atoms with Gasteiger partial charge in [-0.3, -0.25) is 9.69 Å². The molecule has 0 saturated carbocycles. The van der Waals surface area contributed by atoms with Crippen molar-refractivity contribution in [3.05, 3.63) is 5.01 Å². The van der Waals surface area contributed by atoms with Crippen molar-refractivity contribution in [2.45, 2.75) is 31.9 Å². The van der Waals surface area contributed by atoms with Crippen LogP contribution in [-0.4, -0.2) is 36.3 Å². The number of carbonyl (C=O) groups is 1. The minimum absolute atomic E-state index is 0.0635. The molecule has 2 rings (SSSR count). The summed E-state index contributed by atoms with van der Waals surface area (Å²) in [5, 5.41) is 13.5. The number of carbonyl (C=O) groups excluding carboxylic acids is 1. The summed E-state index contributed by atoms with van der Waals surface area (Å²) >= 11 is 1.32. The smallest absolute Gasteiger partial charge is 0.230 e. The second kappa shape index (κ2) is 5.14. The molecule has 1 aromatic heterocycles. The zero-order chi connectivity index (χ0) is 14.2. The molecular formula is C10H16N4O3S2. The first-order valence-electron chi connectivity index (χ1n) is 5.91.